The largest absolute Gasteiger partial charge is 0.337 e. The molecule has 1 aliphatic heterocycles. The van der Waals surface area contributed by atoms with E-state index in [2.05, 4.69) is 0 Å². The molecule has 2 rings (SSSR count). The van der Waals surface area contributed by atoms with Gasteiger partial charge in [-0.25, -0.2) is 8.42 Å². The Hall–Kier alpha value is -1.40. The van der Waals surface area contributed by atoms with Crippen LogP contribution in [0, 0.1) is 0 Å². The van der Waals surface area contributed by atoms with Gasteiger partial charge in [-0.3, -0.25) is 4.79 Å². The third-order valence-electron chi connectivity index (χ3n) is 3.80. The number of rotatable bonds is 3. The molecule has 0 unspecified atom stereocenters. The summed E-state index contributed by atoms with van der Waals surface area (Å²) in [6.45, 7) is 4.55. The van der Waals surface area contributed by atoms with Crippen LogP contribution in [0.3, 0.4) is 0 Å². The van der Waals surface area contributed by atoms with Crippen molar-refractivity contribution in [1.82, 2.24) is 4.90 Å². The first-order valence-electron chi connectivity index (χ1n) is 7.21. The van der Waals surface area contributed by atoms with Gasteiger partial charge in [0.25, 0.3) is 5.91 Å². The Balaban J connectivity index is 2.17. The fraction of sp³-hybridized carbons (Fsp3) is 0.533. The van der Waals surface area contributed by atoms with E-state index in [0.29, 0.717) is 18.7 Å². The first-order valence-corrected chi connectivity index (χ1v) is 8.76. The Labute approximate surface area is 126 Å². The van der Waals surface area contributed by atoms with E-state index in [0.717, 1.165) is 12.8 Å². The van der Waals surface area contributed by atoms with E-state index in [9.17, 15) is 13.2 Å². The number of nitrogens with two attached hydrogens (primary N) is 1. The zero-order valence-electron chi connectivity index (χ0n) is 12.5. The van der Waals surface area contributed by atoms with Crippen molar-refractivity contribution in [3.63, 3.8) is 0 Å². The number of likely N-dealkylation sites (tertiary alicyclic amines) is 1. The van der Waals surface area contributed by atoms with Gasteiger partial charge in [0, 0.05) is 24.7 Å². The molecule has 0 aliphatic carbocycles. The van der Waals surface area contributed by atoms with Crippen LogP contribution in [0.1, 0.15) is 37.0 Å². The molecule has 1 atom stereocenters. The molecule has 116 valence electrons. The fourth-order valence-electron chi connectivity index (χ4n) is 2.44. The second kappa shape index (κ2) is 6.15. The van der Waals surface area contributed by atoms with Crippen molar-refractivity contribution in [2.24, 2.45) is 5.73 Å². The molecular formula is C15H22N2O3S. The van der Waals surface area contributed by atoms with Crippen LogP contribution in [-0.4, -0.2) is 43.6 Å². The number of piperidine rings is 1. The van der Waals surface area contributed by atoms with Crippen molar-refractivity contribution in [2.45, 2.75) is 42.9 Å². The van der Waals surface area contributed by atoms with Gasteiger partial charge in [-0.15, -0.1) is 0 Å². The summed E-state index contributed by atoms with van der Waals surface area (Å²) in [6, 6.07) is 6.21. The zero-order valence-corrected chi connectivity index (χ0v) is 13.3. The van der Waals surface area contributed by atoms with Crippen LogP contribution >= 0.6 is 0 Å². The van der Waals surface area contributed by atoms with Crippen LogP contribution in [0.5, 0.6) is 0 Å². The standard InChI is InChI=1S/C15H22N2O3S/c1-11(2)21(19,20)14-7-5-12(6-8-14)15(18)17-9-3-4-13(16)10-17/h5-8,11,13H,3-4,9-10,16H2,1-2H3/t13-/m0/s1. The number of benzene rings is 1. The summed E-state index contributed by atoms with van der Waals surface area (Å²) in [5, 5.41) is -0.473. The SMILES string of the molecule is CC(C)S(=O)(=O)c1ccc(C(=O)N2CCC[C@H](N)C2)cc1. The van der Waals surface area contributed by atoms with Crippen LogP contribution in [0.4, 0.5) is 0 Å². The number of carbonyl (C=O) groups excluding carboxylic acids is 1. The van der Waals surface area contributed by atoms with E-state index in [1.54, 1.807) is 30.9 Å². The summed E-state index contributed by atoms with van der Waals surface area (Å²) in [5.74, 6) is -0.0846. The first kappa shape index (κ1) is 16.0. The molecule has 1 aromatic rings. The Kier molecular flexibility index (Phi) is 4.68. The predicted octanol–water partition coefficient (Wildman–Crippen LogP) is 1.43. The molecule has 1 aliphatic rings. The van der Waals surface area contributed by atoms with Gasteiger partial charge < -0.3 is 10.6 Å². The molecule has 1 fully saturated rings. The van der Waals surface area contributed by atoms with E-state index in [1.165, 1.54) is 12.1 Å². The maximum absolute atomic E-state index is 12.4. The quantitative estimate of drug-likeness (QED) is 0.916. The molecule has 0 bridgehead atoms. The lowest BCUT2D eigenvalue weighted by atomic mass is 10.1. The van der Waals surface area contributed by atoms with Crippen LogP contribution < -0.4 is 5.73 Å². The van der Waals surface area contributed by atoms with E-state index in [1.807, 2.05) is 0 Å². The van der Waals surface area contributed by atoms with Crippen molar-refractivity contribution < 1.29 is 13.2 Å². The Bertz CT molecular complexity index is 608. The topological polar surface area (TPSA) is 80.5 Å². The highest BCUT2D eigenvalue weighted by molar-refractivity contribution is 7.92. The highest BCUT2D eigenvalue weighted by atomic mass is 32.2. The number of amides is 1. The van der Waals surface area contributed by atoms with Gasteiger partial charge in [0.05, 0.1) is 10.1 Å². The lowest BCUT2D eigenvalue weighted by molar-refractivity contribution is 0.0708. The van der Waals surface area contributed by atoms with Crippen molar-refractivity contribution in [1.29, 1.82) is 0 Å². The molecule has 2 N–H and O–H groups in total. The van der Waals surface area contributed by atoms with Gasteiger partial charge in [-0.2, -0.15) is 0 Å². The molecule has 0 saturated carbocycles. The average molecular weight is 310 g/mol. The molecule has 1 aromatic carbocycles. The smallest absolute Gasteiger partial charge is 0.253 e. The molecule has 0 radical (unpaired) electrons. The Morgan fingerprint density at radius 2 is 1.90 bits per heavy atom. The van der Waals surface area contributed by atoms with Gasteiger partial charge in [-0.05, 0) is 51.0 Å². The second-order valence-corrected chi connectivity index (χ2v) is 8.28. The van der Waals surface area contributed by atoms with Gasteiger partial charge in [0.2, 0.25) is 0 Å². The molecule has 21 heavy (non-hydrogen) atoms. The molecule has 0 aromatic heterocycles. The summed E-state index contributed by atoms with van der Waals surface area (Å²) in [4.78, 5) is 14.4. The van der Waals surface area contributed by atoms with Crippen molar-refractivity contribution in [3.05, 3.63) is 29.8 Å². The monoisotopic (exact) mass is 310 g/mol. The lowest BCUT2D eigenvalue weighted by Crippen LogP contribution is -2.45. The third-order valence-corrected chi connectivity index (χ3v) is 5.97. The van der Waals surface area contributed by atoms with Crippen LogP contribution in [-0.2, 0) is 9.84 Å². The van der Waals surface area contributed by atoms with E-state index < -0.39 is 15.1 Å². The highest BCUT2D eigenvalue weighted by Gasteiger charge is 2.23. The number of carbonyl (C=O) groups is 1. The normalized spacial score (nSPS) is 19.8. The van der Waals surface area contributed by atoms with Gasteiger partial charge >= 0.3 is 0 Å². The van der Waals surface area contributed by atoms with Crippen molar-refractivity contribution in [3.8, 4) is 0 Å². The first-order chi connectivity index (χ1) is 9.82. The number of nitrogens with zero attached hydrogens (tertiary/aromatic N) is 1. The third kappa shape index (κ3) is 3.44. The summed E-state index contributed by atoms with van der Waals surface area (Å²) in [5.41, 5.74) is 6.39. The minimum absolute atomic E-state index is 0.0308. The maximum atomic E-state index is 12.4. The van der Waals surface area contributed by atoms with Crippen molar-refractivity contribution in [2.75, 3.05) is 13.1 Å². The molecule has 1 amide bonds. The Morgan fingerprint density at radius 3 is 2.43 bits per heavy atom. The van der Waals surface area contributed by atoms with E-state index in [-0.39, 0.29) is 16.8 Å². The van der Waals surface area contributed by atoms with Crippen LogP contribution in [0.15, 0.2) is 29.2 Å². The fourth-order valence-corrected chi connectivity index (χ4v) is 3.50. The predicted molar refractivity (Wildman–Crippen MR) is 81.9 cm³/mol. The summed E-state index contributed by atoms with van der Waals surface area (Å²) in [6.07, 6.45) is 1.85. The minimum atomic E-state index is -3.30. The Morgan fingerprint density at radius 1 is 1.29 bits per heavy atom. The van der Waals surface area contributed by atoms with E-state index >= 15 is 0 Å². The lowest BCUT2D eigenvalue weighted by Gasteiger charge is -2.30. The maximum Gasteiger partial charge on any atom is 0.253 e. The van der Waals surface area contributed by atoms with Gasteiger partial charge in [-0.1, -0.05) is 0 Å². The summed E-state index contributed by atoms with van der Waals surface area (Å²) in [7, 11) is -3.30. The second-order valence-electron chi connectivity index (χ2n) is 5.77. The van der Waals surface area contributed by atoms with Crippen molar-refractivity contribution >= 4 is 15.7 Å². The molecule has 6 heteroatoms. The van der Waals surface area contributed by atoms with Crippen LogP contribution in [0.2, 0.25) is 0 Å². The molecule has 1 saturated heterocycles. The minimum Gasteiger partial charge on any atom is -0.337 e. The molecular weight excluding hydrogens is 288 g/mol. The number of hydrogen-bond acceptors (Lipinski definition) is 4. The van der Waals surface area contributed by atoms with E-state index in [4.69, 9.17) is 5.73 Å². The van der Waals surface area contributed by atoms with Gasteiger partial charge in [0.1, 0.15) is 0 Å². The average Bonchev–Trinajstić information content (AvgIpc) is 2.46. The van der Waals surface area contributed by atoms with Gasteiger partial charge in [0.15, 0.2) is 9.84 Å². The molecule has 0 spiro atoms. The summed E-state index contributed by atoms with van der Waals surface area (Å²) >= 11 is 0. The van der Waals surface area contributed by atoms with Crippen LogP contribution in [0.25, 0.3) is 0 Å². The summed E-state index contributed by atoms with van der Waals surface area (Å²) < 4.78 is 24.1. The number of sulfone groups is 1. The number of hydrogen-bond donors (Lipinski definition) is 1. The highest BCUT2D eigenvalue weighted by Crippen LogP contribution is 2.18. The zero-order chi connectivity index (χ0) is 15.6. The molecule has 1 heterocycles. The molecule has 5 nitrogen and oxygen atoms in total.